The summed E-state index contributed by atoms with van der Waals surface area (Å²) < 4.78 is 5.39. The van der Waals surface area contributed by atoms with E-state index in [9.17, 15) is 4.79 Å². The third kappa shape index (κ3) is 2.62. The Balaban J connectivity index is 2.08. The van der Waals surface area contributed by atoms with Crippen molar-refractivity contribution in [3.63, 3.8) is 0 Å². The SMILES string of the molecule is COC1CC(NC(=O)c2cc(C)nc(NN)c2)C1(C)C. The van der Waals surface area contributed by atoms with E-state index in [1.807, 2.05) is 6.92 Å². The van der Waals surface area contributed by atoms with E-state index in [1.54, 1.807) is 19.2 Å². The van der Waals surface area contributed by atoms with Gasteiger partial charge in [0.1, 0.15) is 5.82 Å². The van der Waals surface area contributed by atoms with Crippen molar-refractivity contribution in [1.82, 2.24) is 10.3 Å². The van der Waals surface area contributed by atoms with Crippen LogP contribution in [0.1, 0.15) is 36.3 Å². The molecule has 2 atom stereocenters. The van der Waals surface area contributed by atoms with Crippen LogP contribution in [0.4, 0.5) is 5.82 Å². The van der Waals surface area contributed by atoms with Crippen molar-refractivity contribution < 1.29 is 9.53 Å². The van der Waals surface area contributed by atoms with Gasteiger partial charge in [-0.05, 0) is 25.5 Å². The van der Waals surface area contributed by atoms with Gasteiger partial charge in [0.05, 0.1) is 6.10 Å². The molecule has 0 aliphatic heterocycles. The number of pyridine rings is 1. The number of aryl methyl sites for hydroxylation is 1. The average molecular weight is 278 g/mol. The molecule has 6 nitrogen and oxygen atoms in total. The highest BCUT2D eigenvalue weighted by molar-refractivity contribution is 5.95. The molecular formula is C14H22N4O2. The number of hydrogen-bond donors (Lipinski definition) is 3. The molecule has 1 aromatic rings. The summed E-state index contributed by atoms with van der Waals surface area (Å²) in [4.78, 5) is 16.5. The standard InChI is InChI=1S/C14H22N4O2/c1-8-5-9(6-12(16-8)18-15)13(19)17-10-7-11(20-4)14(10,2)3/h5-6,10-11H,7,15H2,1-4H3,(H,16,18)(H,17,19). The molecule has 0 bridgehead atoms. The molecule has 1 aromatic heterocycles. The fourth-order valence-electron chi connectivity index (χ4n) is 2.65. The summed E-state index contributed by atoms with van der Waals surface area (Å²) in [7, 11) is 1.70. The van der Waals surface area contributed by atoms with Crippen LogP contribution >= 0.6 is 0 Å². The average Bonchev–Trinajstić information content (AvgIpc) is 2.41. The Kier molecular flexibility index (Phi) is 3.96. The van der Waals surface area contributed by atoms with Gasteiger partial charge in [-0.2, -0.15) is 0 Å². The van der Waals surface area contributed by atoms with Crippen molar-refractivity contribution in [1.29, 1.82) is 0 Å². The number of amides is 1. The Morgan fingerprint density at radius 3 is 2.75 bits per heavy atom. The fourth-order valence-corrected chi connectivity index (χ4v) is 2.65. The third-order valence-electron chi connectivity index (χ3n) is 4.13. The van der Waals surface area contributed by atoms with E-state index in [1.165, 1.54) is 0 Å². The number of carbonyl (C=O) groups excluding carboxylic acids is 1. The van der Waals surface area contributed by atoms with Crippen molar-refractivity contribution in [2.24, 2.45) is 11.3 Å². The number of nitrogens with two attached hydrogens (primary N) is 1. The summed E-state index contributed by atoms with van der Waals surface area (Å²) in [6, 6.07) is 3.50. The molecule has 1 amide bonds. The lowest BCUT2D eigenvalue weighted by Crippen LogP contribution is -2.61. The molecule has 1 aliphatic carbocycles. The van der Waals surface area contributed by atoms with E-state index in [4.69, 9.17) is 10.6 Å². The molecule has 4 N–H and O–H groups in total. The van der Waals surface area contributed by atoms with Crippen molar-refractivity contribution in [2.75, 3.05) is 12.5 Å². The first-order chi connectivity index (χ1) is 9.38. The molecule has 0 aromatic carbocycles. The molecule has 1 heterocycles. The lowest BCUT2D eigenvalue weighted by molar-refractivity contribution is -0.0942. The number of aromatic nitrogens is 1. The Morgan fingerprint density at radius 1 is 1.50 bits per heavy atom. The molecule has 1 saturated carbocycles. The molecule has 0 saturated heterocycles. The predicted octanol–water partition coefficient (Wildman–Crippen LogP) is 1.22. The number of nitrogens with one attached hydrogen (secondary N) is 2. The van der Waals surface area contributed by atoms with E-state index < -0.39 is 0 Å². The molecule has 2 rings (SSSR count). The summed E-state index contributed by atoms with van der Waals surface area (Å²) in [5.41, 5.74) is 3.71. The number of nitrogen functional groups attached to an aromatic ring is 1. The number of methoxy groups -OCH3 is 1. The molecule has 20 heavy (non-hydrogen) atoms. The number of anilines is 1. The summed E-state index contributed by atoms with van der Waals surface area (Å²) in [6.45, 7) is 6.02. The molecule has 0 radical (unpaired) electrons. The zero-order valence-corrected chi connectivity index (χ0v) is 12.4. The summed E-state index contributed by atoms with van der Waals surface area (Å²) in [5.74, 6) is 5.72. The minimum atomic E-state index is -0.111. The summed E-state index contributed by atoms with van der Waals surface area (Å²) in [6.07, 6.45) is 1.02. The van der Waals surface area contributed by atoms with E-state index in [0.29, 0.717) is 11.4 Å². The van der Waals surface area contributed by atoms with Crippen LogP contribution in [0.15, 0.2) is 12.1 Å². The minimum Gasteiger partial charge on any atom is -0.381 e. The Morgan fingerprint density at radius 2 is 2.20 bits per heavy atom. The van der Waals surface area contributed by atoms with Gasteiger partial charge in [0.2, 0.25) is 0 Å². The van der Waals surface area contributed by atoms with Gasteiger partial charge in [0.15, 0.2) is 0 Å². The molecular weight excluding hydrogens is 256 g/mol. The number of hydrogen-bond acceptors (Lipinski definition) is 5. The van der Waals surface area contributed by atoms with Crippen LogP contribution in [0.3, 0.4) is 0 Å². The molecule has 0 spiro atoms. The molecule has 1 aliphatic rings. The number of ether oxygens (including phenoxy) is 1. The summed E-state index contributed by atoms with van der Waals surface area (Å²) >= 11 is 0. The van der Waals surface area contributed by atoms with Gasteiger partial charge >= 0.3 is 0 Å². The highest BCUT2D eigenvalue weighted by atomic mass is 16.5. The Hall–Kier alpha value is -1.66. The molecule has 1 fully saturated rings. The lowest BCUT2D eigenvalue weighted by Gasteiger charge is -2.51. The minimum absolute atomic E-state index is 0.0541. The van der Waals surface area contributed by atoms with E-state index >= 15 is 0 Å². The van der Waals surface area contributed by atoms with Gasteiger partial charge in [0, 0.05) is 29.8 Å². The van der Waals surface area contributed by atoms with Crippen LogP contribution in [0.5, 0.6) is 0 Å². The second kappa shape index (κ2) is 5.38. The largest absolute Gasteiger partial charge is 0.381 e. The smallest absolute Gasteiger partial charge is 0.251 e. The van der Waals surface area contributed by atoms with Gasteiger partial charge in [-0.15, -0.1) is 0 Å². The van der Waals surface area contributed by atoms with Crippen molar-refractivity contribution in [3.8, 4) is 0 Å². The van der Waals surface area contributed by atoms with E-state index in [2.05, 4.69) is 29.6 Å². The fraction of sp³-hybridized carbons (Fsp3) is 0.571. The second-order valence-corrected chi connectivity index (χ2v) is 5.83. The zero-order chi connectivity index (χ0) is 14.9. The molecule has 2 unspecified atom stereocenters. The van der Waals surface area contributed by atoms with Crippen LogP contribution < -0.4 is 16.6 Å². The van der Waals surface area contributed by atoms with Gasteiger partial charge in [-0.3, -0.25) is 4.79 Å². The van der Waals surface area contributed by atoms with Gasteiger partial charge in [-0.1, -0.05) is 13.8 Å². The number of hydrazine groups is 1. The maximum Gasteiger partial charge on any atom is 0.251 e. The first-order valence-electron chi connectivity index (χ1n) is 6.67. The van der Waals surface area contributed by atoms with Crippen LogP contribution in [0.2, 0.25) is 0 Å². The number of rotatable bonds is 4. The maximum atomic E-state index is 12.3. The normalized spacial score (nSPS) is 23.9. The first kappa shape index (κ1) is 14.7. The summed E-state index contributed by atoms with van der Waals surface area (Å²) in [5, 5.41) is 3.05. The van der Waals surface area contributed by atoms with Crippen molar-refractivity contribution >= 4 is 11.7 Å². The van der Waals surface area contributed by atoms with Gasteiger partial charge < -0.3 is 15.5 Å². The van der Waals surface area contributed by atoms with Crippen LogP contribution in [0, 0.1) is 12.3 Å². The highest BCUT2D eigenvalue weighted by Crippen LogP contribution is 2.42. The van der Waals surface area contributed by atoms with Gasteiger partial charge in [0.25, 0.3) is 5.91 Å². The van der Waals surface area contributed by atoms with Crippen LogP contribution in [-0.4, -0.2) is 30.1 Å². The highest BCUT2D eigenvalue weighted by Gasteiger charge is 2.49. The predicted molar refractivity (Wildman–Crippen MR) is 77.2 cm³/mol. The van der Waals surface area contributed by atoms with Crippen LogP contribution in [0.25, 0.3) is 0 Å². The van der Waals surface area contributed by atoms with Crippen molar-refractivity contribution in [3.05, 3.63) is 23.4 Å². The number of nitrogens with zero attached hydrogens (tertiary/aromatic N) is 1. The van der Waals surface area contributed by atoms with Crippen LogP contribution in [-0.2, 0) is 4.74 Å². The second-order valence-electron chi connectivity index (χ2n) is 5.83. The van der Waals surface area contributed by atoms with E-state index in [0.717, 1.165) is 12.1 Å². The molecule has 6 heteroatoms. The number of carbonyl (C=O) groups is 1. The first-order valence-corrected chi connectivity index (χ1v) is 6.67. The molecule has 110 valence electrons. The van der Waals surface area contributed by atoms with Gasteiger partial charge in [-0.25, -0.2) is 10.8 Å². The maximum absolute atomic E-state index is 12.3. The third-order valence-corrected chi connectivity index (χ3v) is 4.13. The van der Waals surface area contributed by atoms with E-state index in [-0.39, 0.29) is 23.5 Å². The topological polar surface area (TPSA) is 89.3 Å². The Labute approximate surface area is 119 Å². The zero-order valence-electron chi connectivity index (χ0n) is 12.4. The van der Waals surface area contributed by atoms with Crippen molar-refractivity contribution in [2.45, 2.75) is 39.3 Å². The lowest BCUT2D eigenvalue weighted by atomic mass is 9.64. The Bertz CT molecular complexity index is 516. The monoisotopic (exact) mass is 278 g/mol. The quantitative estimate of drug-likeness (QED) is 0.569.